The second kappa shape index (κ2) is 5.35. The number of halogens is 3. The molecule has 0 unspecified atom stereocenters. The fourth-order valence-electron chi connectivity index (χ4n) is 1.54. The van der Waals surface area contributed by atoms with Crippen molar-refractivity contribution in [3.63, 3.8) is 0 Å². The van der Waals surface area contributed by atoms with Crippen LogP contribution in [0, 0.1) is 0 Å². The molecule has 0 fully saturated rings. The van der Waals surface area contributed by atoms with E-state index in [1.54, 1.807) is 18.3 Å². The molecular weight excluding hydrogens is 349 g/mol. The van der Waals surface area contributed by atoms with Gasteiger partial charge >= 0.3 is 0 Å². The number of hydrogen-bond acceptors (Lipinski definition) is 3. The quantitative estimate of drug-likeness (QED) is 0.678. The number of pyridine rings is 1. The van der Waals surface area contributed by atoms with Crippen LogP contribution < -0.4 is 0 Å². The van der Waals surface area contributed by atoms with Crippen molar-refractivity contribution in [3.8, 4) is 11.5 Å². The molecule has 0 atom stereocenters. The van der Waals surface area contributed by atoms with Crippen molar-refractivity contribution in [2.75, 3.05) is 0 Å². The van der Waals surface area contributed by atoms with Gasteiger partial charge in [0.25, 0.3) is 0 Å². The molecule has 0 saturated carbocycles. The van der Waals surface area contributed by atoms with Gasteiger partial charge in [0.2, 0.25) is 0 Å². The monoisotopic (exact) mass is 359 g/mol. The normalized spacial score (nSPS) is 11.7. The Balaban J connectivity index is 2.60. The van der Waals surface area contributed by atoms with Gasteiger partial charge in [-0.25, -0.2) is 9.97 Å². The zero-order valence-corrected chi connectivity index (χ0v) is 13.8. The molecule has 0 saturated heterocycles. The fourth-order valence-corrected chi connectivity index (χ4v) is 2.59. The predicted octanol–water partition coefficient (Wildman–Crippen LogP) is 4.91. The van der Waals surface area contributed by atoms with Crippen molar-refractivity contribution in [2.24, 2.45) is 0 Å². The zero-order chi connectivity index (χ0) is 14.2. The Morgan fingerprint density at radius 2 is 1.79 bits per heavy atom. The fraction of sp³-hybridized carbons (Fsp3) is 0.308. The third kappa shape index (κ3) is 3.25. The third-order valence-corrected chi connectivity index (χ3v) is 3.95. The summed E-state index contributed by atoms with van der Waals surface area (Å²) in [6.07, 6.45) is 1.56. The van der Waals surface area contributed by atoms with E-state index in [-0.39, 0.29) is 5.41 Å². The predicted molar refractivity (Wildman–Crippen MR) is 81.7 cm³/mol. The first-order valence-corrected chi connectivity index (χ1v) is 7.19. The molecule has 0 aliphatic rings. The SMILES string of the molecule is CC(C)(C)c1nc(-c2ccc(Cl)cn2)nc(Cl)c1Br. The lowest BCUT2D eigenvalue weighted by atomic mass is 9.92. The summed E-state index contributed by atoms with van der Waals surface area (Å²) >= 11 is 15.4. The first-order chi connectivity index (χ1) is 8.79. The second-order valence-corrected chi connectivity index (χ2v) is 6.70. The van der Waals surface area contributed by atoms with Gasteiger partial charge < -0.3 is 0 Å². The molecule has 3 nitrogen and oxygen atoms in total. The summed E-state index contributed by atoms with van der Waals surface area (Å²) in [6, 6.07) is 3.52. The van der Waals surface area contributed by atoms with Gasteiger partial charge in [0.15, 0.2) is 5.82 Å². The van der Waals surface area contributed by atoms with E-state index in [9.17, 15) is 0 Å². The Morgan fingerprint density at radius 1 is 1.11 bits per heavy atom. The van der Waals surface area contributed by atoms with Crippen molar-refractivity contribution in [3.05, 3.63) is 38.7 Å². The van der Waals surface area contributed by atoms with Crippen LogP contribution in [0.15, 0.2) is 22.8 Å². The van der Waals surface area contributed by atoms with E-state index in [1.165, 1.54) is 0 Å². The minimum Gasteiger partial charge on any atom is -0.251 e. The molecule has 2 aromatic heterocycles. The lowest BCUT2D eigenvalue weighted by Gasteiger charge is -2.20. The van der Waals surface area contributed by atoms with Gasteiger partial charge in [-0.1, -0.05) is 44.0 Å². The molecule has 2 heterocycles. The summed E-state index contributed by atoms with van der Waals surface area (Å²) in [4.78, 5) is 13.0. The summed E-state index contributed by atoms with van der Waals surface area (Å²) < 4.78 is 0.722. The van der Waals surface area contributed by atoms with Gasteiger partial charge in [-0.3, -0.25) is 4.98 Å². The average Bonchev–Trinajstić information content (AvgIpc) is 2.32. The molecule has 100 valence electrons. The lowest BCUT2D eigenvalue weighted by molar-refractivity contribution is 0.564. The zero-order valence-electron chi connectivity index (χ0n) is 10.7. The molecule has 0 aliphatic heterocycles. The maximum atomic E-state index is 6.15. The summed E-state index contributed by atoms with van der Waals surface area (Å²) in [6.45, 7) is 6.19. The highest BCUT2D eigenvalue weighted by Gasteiger charge is 2.23. The Hall–Kier alpha value is -0.710. The standard InChI is InChI=1S/C13H12BrCl2N3/c1-13(2,3)10-9(14)11(16)19-12(18-10)8-5-4-7(15)6-17-8/h4-6H,1-3H3. The van der Waals surface area contributed by atoms with E-state index < -0.39 is 0 Å². The molecule has 2 rings (SSSR count). The highest BCUT2D eigenvalue weighted by atomic mass is 79.9. The lowest BCUT2D eigenvalue weighted by Crippen LogP contribution is -2.16. The van der Waals surface area contributed by atoms with Gasteiger partial charge in [0, 0.05) is 11.6 Å². The van der Waals surface area contributed by atoms with E-state index in [0.29, 0.717) is 21.7 Å². The van der Waals surface area contributed by atoms with Crippen LogP contribution in [0.3, 0.4) is 0 Å². The van der Waals surface area contributed by atoms with Crippen molar-refractivity contribution < 1.29 is 0 Å². The largest absolute Gasteiger partial charge is 0.251 e. The van der Waals surface area contributed by atoms with E-state index in [0.717, 1.165) is 10.2 Å². The highest BCUT2D eigenvalue weighted by Crippen LogP contribution is 2.33. The van der Waals surface area contributed by atoms with Crippen LogP contribution in [0.2, 0.25) is 10.2 Å². The summed E-state index contributed by atoms with van der Waals surface area (Å²) in [5.74, 6) is 0.495. The molecule has 0 radical (unpaired) electrons. The van der Waals surface area contributed by atoms with Gasteiger partial charge in [0.05, 0.1) is 15.2 Å². The number of rotatable bonds is 1. The molecule has 6 heteroatoms. The Kier molecular flexibility index (Phi) is 4.14. The Labute approximate surface area is 130 Å². The maximum Gasteiger partial charge on any atom is 0.179 e. The molecule has 0 bridgehead atoms. The van der Waals surface area contributed by atoms with Gasteiger partial charge in [-0.05, 0) is 28.1 Å². The van der Waals surface area contributed by atoms with Crippen LogP contribution in [0.5, 0.6) is 0 Å². The second-order valence-electron chi connectivity index (χ2n) is 5.11. The van der Waals surface area contributed by atoms with E-state index in [4.69, 9.17) is 23.2 Å². The topological polar surface area (TPSA) is 38.7 Å². The van der Waals surface area contributed by atoms with E-state index in [1.807, 2.05) is 0 Å². The Bertz CT molecular complexity index is 607. The molecule has 0 amide bonds. The smallest absolute Gasteiger partial charge is 0.179 e. The van der Waals surface area contributed by atoms with Crippen LogP contribution >= 0.6 is 39.1 Å². The number of aromatic nitrogens is 3. The molecule has 2 aromatic rings. The van der Waals surface area contributed by atoms with Gasteiger partial charge in [-0.15, -0.1) is 0 Å². The summed E-state index contributed by atoms with van der Waals surface area (Å²) in [5.41, 5.74) is 1.34. The van der Waals surface area contributed by atoms with Crippen molar-refractivity contribution in [2.45, 2.75) is 26.2 Å². The summed E-state index contributed by atoms with van der Waals surface area (Å²) in [7, 11) is 0. The molecule has 19 heavy (non-hydrogen) atoms. The average molecular weight is 361 g/mol. The third-order valence-electron chi connectivity index (χ3n) is 2.48. The minimum atomic E-state index is -0.146. The maximum absolute atomic E-state index is 6.15. The number of nitrogens with zero attached hydrogens (tertiary/aromatic N) is 3. The van der Waals surface area contributed by atoms with E-state index in [2.05, 4.69) is 51.7 Å². The van der Waals surface area contributed by atoms with Crippen LogP contribution in [-0.2, 0) is 5.41 Å². The van der Waals surface area contributed by atoms with Gasteiger partial charge in [-0.2, -0.15) is 0 Å². The van der Waals surface area contributed by atoms with Gasteiger partial charge in [0.1, 0.15) is 10.8 Å². The molecule has 0 aliphatic carbocycles. The van der Waals surface area contributed by atoms with E-state index >= 15 is 0 Å². The van der Waals surface area contributed by atoms with Crippen LogP contribution in [0.4, 0.5) is 0 Å². The molecular formula is C13H12BrCl2N3. The van der Waals surface area contributed by atoms with Crippen molar-refractivity contribution >= 4 is 39.1 Å². The molecule has 0 spiro atoms. The first kappa shape index (κ1) is 14.7. The first-order valence-electron chi connectivity index (χ1n) is 5.64. The minimum absolute atomic E-state index is 0.146. The van der Waals surface area contributed by atoms with Crippen LogP contribution in [-0.4, -0.2) is 15.0 Å². The van der Waals surface area contributed by atoms with Crippen molar-refractivity contribution in [1.82, 2.24) is 15.0 Å². The van der Waals surface area contributed by atoms with Crippen LogP contribution in [0.1, 0.15) is 26.5 Å². The van der Waals surface area contributed by atoms with Crippen LogP contribution in [0.25, 0.3) is 11.5 Å². The Morgan fingerprint density at radius 3 is 2.32 bits per heavy atom. The molecule has 0 N–H and O–H groups in total. The molecule has 0 aromatic carbocycles. The highest BCUT2D eigenvalue weighted by molar-refractivity contribution is 9.10. The van der Waals surface area contributed by atoms with Crippen molar-refractivity contribution in [1.29, 1.82) is 0 Å². The summed E-state index contributed by atoms with van der Waals surface area (Å²) in [5, 5.41) is 0.953. The number of hydrogen-bond donors (Lipinski definition) is 0.